The van der Waals surface area contributed by atoms with E-state index < -0.39 is 23.4 Å². The van der Waals surface area contributed by atoms with Gasteiger partial charge in [0.1, 0.15) is 5.25 Å². The van der Waals surface area contributed by atoms with E-state index in [2.05, 4.69) is 4.99 Å². The van der Waals surface area contributed by atoms with Crippen LogP contribution in [0.15, 0.2) is 4.99 Å². The number of carboxylic acids is 1. The van der Waals surface area contributed by atoms with Crippen LogP contribution in [0.5, 0.6) is 0 Å². The largest absolute Gasteiger partial charge is 0.480 e. The van der Waals surface area contributed by atoms with E-state index in [4.69, 9.17) is 5.11 Å². The number of aliphatic carboxylic acids is 1. The monoisotopic (exact) mass is 199 g/mol. The summed E-state index contributed by atoms with van der Waals surface area (Å²) in [6.45, 7) is 0. The maximum atomic E-state index is 12.0. The molecular weight excluding hydrogens is 195 g/mol. The molecule has 0 bridgehead atoms. The molecule has 0 aromatic heterocycles. The summed E-state index contributed by atoms with van der Waals surface area (Å²) in [5, 5.41) is 6.82. The lowest BCUT2D eigenvalue weighted by Gasteiger charge is -2.15. The van der Waals surface area contributed by atoms with Crippen LogP contribution in [-0.4, -0.2) is 34.1 Å². The van der Waals surface area contributed by atoms with Gasteiger partial charge in [-0.2, -0.15) is 13.2 Å². The van der Waals surface area contributed by atoms with Gasteiger partial charge in [-0.25, -0.2) is 0 Å². The number of aliphatic imine (C=N–C) groups is 1. The van der Waals surface area contributed by atoms with Gasteiger partial charge in [-0.05, 0) is 0 Å². The van der Waals surface area contributed by atoms with Crippen molar-refractivity contribution in [2.24, 2.45) is 4.99 Å². The molecule has 3 nitrogen and oxygen atoms in total. The second-order valence-electron chi connectivity index (χ2n) is 2.14. The Kier molecular flexibility index (Phi) is 2.31. The predicted octanol–water partition coefficient (Wildman–Crippen LogP) is 1.15. The summed E-state index contributed by atoms with van der Waals surface area (Å²) in [6.07, 6.45) is -4.57. The van der Waals surface area contributed by atoms with Crippen molar-refractivity contribution in [1.82, 2.24) is 0 Å². The summed E-state index contributed by atoms with van der Waals surface area (Å²) >= 11 is 0.574. The Morgan fingerprint density at radius 2 is 2.17 bits per heavy atom. The van der Waals surface area contributed by atoms with Crippen molar-refractivity contribution in [3.8, 4) is 0 Å². The van der Waals surface area contributed by atoms with Gasteiger partial charge in [-0.3, -0.25) is 9.79 Å². The number of carboxylic acid groups (broad SMARTS) is 1. The summed E-state index contributed by atoms with van der Waals surface area (Å²) in [4.78, 5) is 13.3. The standard InChI is InChI=1S/C5H4F3NO2S/c6-5(7,8)3-2(4(10)11)12-1-9-3/h1-3H,(H,10,11). The highest BCUT2D eigenvalue weighted by atomic mass is 32.2. The highest BCUT2D eigenvalue weighted by molar-refractivity contribution is 8.13. The minimum absolute atomic E-state index is 0.574. The first-order chi connectivity index (χ1) is 5.43. The van der Waals surface area contributed by atoms with Crippen LogP contribution in [0.25, 0.3) is 0 Å². The average Bonchev–Trinajstić information content (AvgIpc) is 2.30. The Morgan fingerprint density at radius 1 is 1.58 bits per heavy atom. The van der Waals surface area contributed by atoms with E-state index in [1.165, 1.54) is 0 Å². The number of hydrogen-bond donors (Lipinski definition) is 1. The van der Waals surface area contributed by atoms with E-state index in [0.717, 1.165) is 5.55 Å². The fraction of sp³-hybridized carbons (Fsp3) is 0.600. The van der Waals surface area contributed by atoms with Gasteiger partial charge >= 0.3 is 12.1 Å². The number of alkyl halides is 3. The summed E-state index contributed by atoms with van der Waals surface area (Å²) in [7, 11) is 0. The molecule has 1 heterocycles. The molecule has 1 aliphatic rings. The van der Waals surface area contributed by atoms with Crippen LogP contribution in [-0.2, 0) is 4.79 Å². The SMILES string of the molecule is O=C(O)C1SC=NC1C(F)(F)F. The van der Waals surface area contributed by atoms with Crippen molar-refractivity contribution in [1.29, 1.82) is 0 Å². The number of hydrogen-bond acceptors (Lipinski definition) is 3. The lowest BCUT2D eigenvalue weighted by molar-refractivity contribution is -0.158. The molecule has 0 aliphatic carbocycles. The molecule has 0 radical (unpaired) electrons. The third-order valence-corrected chi connectivity index (χ3v) is 2.29. The van der Waals surface area contributed by atoms with Gasteiger partial charge in [0.05, 0.1) is 5.55 Å². The van der Waals surface area contributed by atoms with E-state index >= 15 is 0 Å². The van der Waals surface area contributed by atoms with Crippen LogP contribution in [0.4, 0.5) is 13.2 Å². The molecule has 0 fully saturated rings. The van der Waals surface area contributed by atoms with Crippen molar-refractivity contribution in [3.63, 3.8) is 0 Å². The van der Waals surface area contributed by atoms with Crippen molar-refractivity contribution < 1.29 is 23.1 Å². The predicted molar refractivity (Wildman–Crippen MR) is 37.3 cm³/mol. The minimum atomic E-state index is -4.57. The Labute approximate surface area is 69.7 Å². The lowest BCUT2D eigenvalue weighted by Crippen LogP contribution is -2.38. The molecule has 1 N–H and O–H groups in total. The quantitative estimate of drug-likeness (QED) is 0.689. The smallest absolute Gasteiger partial charge is 0.412 e. The van der Waals surface area contributed by atoms with Gasteiger partial charge in [0.2, 0.25) is 0 Å². The molecule has 0 amide bonds. The number of rotatable bonds is 1. The van der Waals surface area contributed by atoms with Gasteiger partial charge in [-0.15, -0.1) is 0 Å². The van der Waals surface area contributed by atoms with Gasteiger partial charge in [0.15, 0.2) is 6.04 Å². The molecular formula is C5H4F3NO2S. The summed E-state index contributed by atoms with van der Waals surface area (Å²) in [6, 6.07) is -2.10. The molecule has 2 unspecified atom stereocenters. The number of halogens is 3. The van der Waals surface area contributed by atoms with Crippen molar-refractivity contribution in [3.05, 3.63) is 0 Å². The second-order valence-corrected chi connectivity index (χ2v) is 3.13. The van der Waals surface area contributed by atoms with E-state index in [-0.39, 0.29) is 0 Å². The van der Waals surface area contributed by atoms with Crippen LogP contribution in [0.2, 0.25) is 0 Å². The van der Waals surface area contributed by atoms with Crippen LogP contribution < -0.4 is 0 Å². The van der Waals surface area contributed by atoms with Crippen LogP contribution >= 0.6 is 11.8 Å². The molecule has 0 aromatic carbocycles. The highest BCUT2D eigenvalue weighted by Crippen LogP contribution is 2.34. The molecule has 2 atom stereocenters. The van der Waals surface area contributed by atoms with E-state index in [9.17, 15) is 18.0 Å². The minimum Gasteiger partial charge on any atom is -0.480 e. The molecule has 0 saturated carbocycles. The molecule has 1 rings (SSSR count). The highest BCUT2D eigenvalue weighted by Gasteiger charge is 2.49. The zero-order chi connectivity index (χ0) is 9.35. The Balaban J connectivity index is 2.76. The summed E-state index contributed by atoms with van der Waals surface area (Å²) in [5.41, 5.74) is 0.928. The van der Waals surface area contributed by atoms with Gasteiger partial charge < -0.3 is 5.11 Å². The Morgan fingerprint density at radius 3 is 2.50 bits per heavy atom. The summed E-state index contributed by atoms with van der Waals surface area (Å²) in [5.74, 6) is -1.49. The molecule has 0 aromatic rings. The first-order valence-corrected chi connectivity index (χ1v) is 3.84. The Hall–Kier alpha value is -0.720. The van der Waals surface area contributed by atoms with Gasteiger partial charge in [-0.1, -0.05) is 11.8 Å². The normalized spacial score (nSPS) is 29.2. The van der Waals surface area contributed by atoms with Crippen molar-refractivity contribution in [2.75, 3.05) is 0 Å². The zero-order valence-corrected chi connectivity index (χ0v) is 6.39. The first-order valence-electron chi connectivity index (χ1n) is 2.89. The molecule has 12 heavy (non-hydrogen) atoms. The third-order valence-electron chi connectivity index (χ3n) is 1.29. The molecule has 7 heteroatoms. The topological polar surface area (TPSA) is 49.7 Å². The maximum Gasteiger partial charge on any atom is 0.412 e. The Bertz CT molecular complexity index is 227. The van der Waals surface area contributed by atoms with E-state index in [1.54, 1.807) is 0 Å². The van der Waals surface area contributed by atoms with E-state index in [0.29, 0.717) is 11.8 Å². The average molecular weight is 199 g/mol. The van der Waals surface area contributed by atoms with Crippen LogP contribution in [0.3, 0.4) is 0 Å². The van der Waals surface area contributed by atoms with Crippen molar-refractivity contribution >= 4 is 23.3 Å². The van der Waals surface area contributed by atoms with E-state index in [1.807, 2.05) is 0 Å². The lowest BCUT2D eigenvalue weighted by atomic mass is 10.2. The van der Waals surface area contributed by atoms with Crippen LogP contribution in [0.1, 0.15) is 0 Å². The van der Waals surface area contributed by atoms with Gasteiger partial charge in [0, 0.05) is 0 Å². The van der Waals surface area contributed by atoms with Gasteiger partial charge in [0.25, 0.3) is 0 Å². The maximum absolute atomic E-state index is 12.0. The summed E-state index contributed by atoms with van der Waals surface area (Å²) < 4.78 is 35.9. The second kappa shape index (κ2) is 2.96. The zero-order valence-electron chi connectivity index (χ0n) is 5.58. The number of nitrogens with zero attached hydrogens (tertiary/aromatic N) is 1. The third kappa shape index (κ3) is 1.71. The van der Waals surface area contributed by atoms with Crippen LogP contribution in [0, 0.1) is 0 Å². The molecule has 68 valence electrons. The fourth-order valence-corrected chi connectivity index (χ4v) is 1.59. The van der Waals surface area contributed by atoms with Crippen molar-refractivity contribution in [2.45, 2.75) is 17.5 Å². The first kappa shape index (κ1) is 9.37. The number of carbonyl (C=O) groups is 1. The fourth-order valence-electron chi connectivity index (χ4n) is 0.768. The number of thioether (sulfide) groups is 1. The molecule has 1 aliphatic heterocycles. The molecule has 0 spiro atoms. The molecule has 0 saturated heterocycles.